The molecule has 0 bridgehead atoms. The van der Waals surface area contributed by atoms with E-state index in [0.29, 0.717) is 43.6 Å². The summed E-state index contributed by atoms with van der Waals surface area (Å²) in [5, 5.41) is 14.7. The molecule has 2 amide bonds. The van der Waals surface area contributed by atoms with Crippen LogP contribution >= 0.6 is 43.5 Å². The Morgan fingerprint density at radius 3 is 2.73 bits per heavy atom. The zero-order valence-corrected chi connectivity index (χ0v) is 20.9. The summed E-state index contributed by atoms with van der Waals surface area (Å²) in [4.78, 5) is 30.7. The number of nitrogens with one attached hydrogen (secondary N) is 2. The molecule has 33 heavy (non-hydrogen) atoms. The number of amides is 2. The number of hydrogen-bond acceptors (Lipinski definition) is 5. The monoisotopic (exact) mass is 591 g/mol. The molecule has 0 aromatic carbocycles. The molecule has 4 heterocycles. The first-order valence-corrected chi connectivity index (χ1v) is 12.0. The van der Waals surface area contributed by atoms with Crippen LogP contribution in [-0.4, -0.2) is 42.7 Å². The predicted molar refractivity (Wildman–Crippen MR) is 130 cm³/mol. The van der Waals surface area contributed by atoms with Gasteiger partial charge < -0.3 is 10.6 Å². The Balaban J connectivity index is 1.54. The highest BCUT2D eigenvalue weighted by Crippen LogP contribution is 2.31. The van der Waals surface area contributed by atoms with Gasteiger partial charge >= 0.3 is 0 Å². The molecule has 0 radical (unpaired) electrons. The first-order chi connectivity index (χ1) is 15.9. The Kier molecular flexibility index (Phi) is 5.94. The fraction of sp³-hybridized carbons (Fsp3) is 0.190. The molecule has 0 spiro atoms. The van der Waals surface area contributed by atoms with Crippen molar-refractivity contribution in [2.45, 2.75) is 12.8 Å². The van der Waals surface area contributed by atoms with Crippen molar-refractivity contribution in [1.29, 1.82) is 0 Å². The number of carbonyl (C=O) groups is 2. The maximum absolute atomic E-state index is 13.4. The van der Waals surface area contributed by atoms with Gasteiger partial charge in [0.2, 0.25) is 0 Å². The summed E-state index contributed by atoms with van der Waals surface area (Å²) in [6.45, 7) is 0.583. The van der Waals surface area contributed by atoms with Gasteiger partial charge in [0.15, 0.2) is 11.5 Å². The first kappa shape index (κ1) is 22.1. The van der Waals surface area contributed by atoms with Gasteiger partial charge in [0.05, 0.1) is 22.4 Å². The molecular weight excluding hydrogens is 578 g/mol. The van der Waals surface area contributed by atoms with E-state index < -0.39 is 5.91 Å². The fourth-order valence-corrected chi connectivity index (χ4v) is 4.49. The van der Waals surface area contributed by atoms with Gasteiger partial charge in [-0.1, -0.05) is 11.6 Å². The number of hydrogen-bond donors (Lipinski definition) is 2. The number of fused-ring (bicyclic) bond motifs is 1. The SMILES string of the molecule is O=C(Nc1c(Br)cc2ccnn2c1C(=O)NCC1CC1)c1cc(Br)nn1-c1ncccc1Cl. The van der Waals surface area contributed by atoms with E-state index in [9.17, 15) is 9.59 Å². The van der Waals surface area contributed by atoms with Crippen LogP contribution in [0.3, 0.4) is 0 Å². The van der Waals surface area contributed by atoms with Crippen molar-refractivity contribution < 1.29 is 9.59 Å². The maximum Gasteiger partial charge on any atom is 0.274 e. The number of anilines is 1. The molecule has 1 aliphatic carbocycles. The highest BCUT2D eigenvalue weighted by Gasteiger charge is 2.27. The summed E-state index contributed by atoms with van der Waals surface area (Å²) in [7, 11) is 0. The lowest BCUT2D eigenvalue weighted by molar-refractivity contribution is 0.0945. The van der Waals surface area contributed by atoms with E-state index in [1.54, 1.807) is 42.7 Å². The number of nitrogens with zero attached hydrogens (tertiary/aromatic N) is 5. The smallest absolute Gasteiger partial charge is 0.274 e. The molecule has 0 atom stereocenters. The summed E-state index contributed by atoms with van der Waals surface area (Å²) < 4.78 is 3.82. The zero-order chi connectivity index (χ0) is 23.1. The van der Waals surface area contributed by atoms with Gasteiger partial charge in [-0.2, -0.15) is 10.2 Å². The van der Waals surface area contributed by atoms with E-state index in [1.807, 2.05) is 0 Å². The lowest BCUT2D eigenvalue weighted by atomic mass is 10.2. The van der Waals surface area contributed by atoms with Crippen LogP contribution in [-0.2, 0) is 0 Å². The molecule has 0 saturated heterocycles. The second-order valence-corrected chi connectivity index (χ2v) is 9.64. The number of rotatable bonds is 6. The van der Waals surface area contributed by atoms with Crippen molar-refractivity contribution in [2.24, 2.45) is 5.92 Å². The highest BCUT2D eigenvalue weighted by atomic mass is 79.9. The van der Waals surface area contributed by atoms with Gasteiger partial charge in [0.25, 0.3) is 11.8 Å². The van der Waals surface area contributed by atoms with E-state index in [4.69, 9.17) is 11.6 Å². The van der Waals surface area contributed by atoms with Crippen LogP contribution in [0.2, 0.25) is 5.02 Å². The number of aromatic nitrogens is 5. The van der Waals surface area contributed by atoms with E-state index in [2.05, 4.69) is 57.7 Å². The van der Waals surface area contributed by atoms with Crippen LogP contribution in [0, 0.1) is 5.92 Å². The zero-order valence-electron chi connectivity index (χ0n) is 16.9. The Morgan fingerprint density at radius 2 is 1.97 bits per heavy atom. The van der Waals surface area contributed by atoms with Crippen molar-refractivity contribution in [2.75, 3.05) is 11.9 Å². The Morgan fingerprint density at radius 1 is 1.15 bits per heavy atom. The van der Waals surface area contributed by atoms with Gasteiger partial charge in [0.1, 0.15) is 10.3 Å². The normalized spacial score (nSPS) is 13.3. The van der Waals surface area contributed by atoms with E-state index in [-0.39, 0.29) is 17.3 Å². The van der Waals surface area contributed by atoms with E-state index in [1.165, 1.54) is 9.20 Å². The minimum Gasteiger partial charge on any atom is -0.350 e. The van der Waals surface area contributed by atoms with Gasteiger partial charge in [-0.25, -0.2) is 14.2 Å². The molecular formula is C21H16Br2ClN7O2. The van der Waals surface area contributed by atoms with Crippen LogP contribution in [0.25, 0.3) is 11.3 Å². The number of halogens is 3. The molecule has 168 valence electrons. The molecule has 1 aliphatic rings. The van der Waals surface area contributed by atoms with E-state index in [0.717, 1.165) is 12.8 Å². The lowest BCUT2D eigenvalue weighted by Gasteiger charge is -2.15. The molecule has 2 N–H and O–H groups in total. The molecule has 5 rings (SSSR count). The molecule has 1 saturated carbocycles. The maximum atomic E-state index is 13.4. The summed E-state index contributed by atoms with van der Waals surface area (Å²) in [5.41, 5.74) is 1.41. The molecule has 1 fully saturated rings. The third-order valence-electron chi connectivity index (χ3n) is 5.19. The highest BCUT2D eigenvalue weighted by molar-refractivity contribution is 9.10. The van der Waals surface area contributed by atoms with Gasteiger partial charge in [-0.15, -0.1) is 0 Å². The van der Waals surface area contributed by atoms with Crippen molar-refractivity contribution in [3.8, 4) is 5.82 Å². The average molecular weight is 594 g/mol. The van der Waals surface area contributed by atoms with Gasteiger partial charge in [-0.3, -0.25) is 9.59 Å². The molecule has 9 nitrogen and oxygen atoms in total. The summed E-state index contributed by atoms with van der Waals surface area (Å²) in [6.07, 6.45) is 5.37. The first-order valence-electron chi connectivity index (χ1n) is 10.0. The Labute approximate surface area is 209 Å². The third-order valence-corrected chi connectivity index (χ3v) is 6.50. The van der Waals surface area contributed by atoms with Crippen molar-refractivity contribution in [3.63, 3.8) is 0 Å². The third kappa shape index (κ3) is 4.40. The predicted octanol–water partition coefficient (Wildman–Crippen LogP) is 4.49. The van der Waals surface area contributed by atoms with Gasteiger partial charge in [0, 0.05) is 23.3 Å². The number of carbonyl (C=O) groups excluding carboxylic acids is 2. The largest absolute Gasteiger partial charge is 0.350 e. The molecule has 4 aromatic rings. The summed E-state index contributed by atoms with van der Waals surface area (Å²) in [6, 6.07) is 8.46. The topological polar surface area (TPSA) is 106 Å². The molecule has 0 aliphatic heterocycles. The second-order valence-electron chi connectivity index (χ2n) is 7.56. The molecule has 0 unspecified atom stereocenters. The Bertz CT molecular complexity index is 1400. The number of pyridine rings is 2. The van der Waals surface area contributed by atoms with Crippen LogP contribution < -0.4 is 10.6 Å². The van der Waals surface area contributed by atoms with Crippen LogP contribution in [0.5, 0.6) is 0 Å². The van der Waals surface area contributed by atoms with Crippen molar-refractivity contribution in [3.05, 3.63) is 68.2 Å². The van der Waals surface area contributed by atoms with Crippen molar-refractivity contribution in [1.82, 2.24) is 29.7 Å². The summed E-state index contributed by atoms with van der Waals surface area (Å²) in [5.74, 6) is -0.0193. The van der Waals surface area contributed by atoms with Crippen molar-refractivity contribution >= 4 is 66.5 Å². The quantitative estimate of drug-likeness (QED) is 0.343. The van der Waals surface area contributed by atoms with Gasteiger partial charge in [-0.05, 0) is 74.9 Å². The van der Waals surface area contributed by atoms with Crippen LogP contribution in [0.1, 0.15) is 33.8 Å². The Hall–Kier alpha value is -2.76. The minimum absolute atomic E-state index is 0.180. The van der Waals surface area contributed by atoms with E-state index >= 15 is 0 Å². The fourth-order valence-electron chi connectivity index (χ4n) is 3.39. The second kappa shape index (κ2) is 8.88. The van der Waals surface area contributed by atoms with Crippen LogP contribution in [0.4, 0.5) is 5.69 Å². The minimum atomic E-state index is -0.502. The molecule has 4 aromatic heterocycles. The average Bonchev–Trinajstić information content (AvgIpc) is 3.37. The van der Waals surface area contributed by atoms with Crippen LogP contribution in [0.15, 0.2) is 51.8 Å². The standard InChI is InChI=1S/C21H16Br2ClN7O2/c22-13-8-12-5-7-27-30(12)18(21(33)26-10-11-3-4-11)17(13)28-20(32)15-9-16(23)29-31(15)19-14(24)2-1-6-25-19/h1-2,5-9,11H,3-4,10H2,(H,26,33)(H,28,32). The summed E-state index contributed by atoms with van der Waals surface area (Å²) >= 11 is 13.1. The lowest BCUT2D eigenvalue weighted by Crippen LogP contribution is -2.30. The molecule has 12 heteroatoms.